The second-order valence-corrected chi connectivity index (χ2v) is 5.48. The highest BCUT2D eigenvalue weighted by atomic mass is 16.5. The molecule has 1 N–H and O–H groups in total. The van der Waals surface area contributed by atoms with E-state index in [1.54, 1.807) is 6.33 Å². The summed E-state index contributed by atoms with van der Waals surface area (Å²) in [6, 6.07) is 7.55. The largest absolute Gasteiger partial charge is 0.494 e. The van der Waals surface area contributed by atoms with Gasteiger partial charge in [-0.2, -0.15) is 5.10 Å². The number of hydrogen-bond acceptors (Lipinski definition) is 4. The van der Waals surface area contributed by atoms with E-state index in [1.807, 2.05) is 35.9 Å². The van der Waals surface area contributed by atoms with Gasteiger partial charge in [0.25, 0.3) is 0 Å². The minimum atomic E-state index is -0.611. The third-order valence-corrected chi connectivity index (χ3v) is 3.16. The molecule has 21 heavy (non-hydrogen) atoms. The van der Waals surface area contributed by atoms with Gasteiger partial charge in [-0.05, 0) is 30.5 Å². The molecule has 1 unspecified atom stereocenters. The van der Waals surface area contributed by atoms with Crippen LogP contribution in [0.15, 0.2) is 30.6 Å². The molecular formula is C16H23N3O2. The summed E-state index contributed by atoms with van der Waals surface area (Å²) in [6.07, 6.45) is 1.38. The zero-order valence-electron chi connectivity index (χ0n) is 12.9. The molecule has 0 amide bonds. The van der Waals surface area contributed by atoms with Crippen molar-refractivity contribution < 1.29 is 9.84 Å². The fraction of sp³-hybridized carbons (Fsp3) is 0.500. The molecule has 0 aliphatic carbocycles. The van der Waals surface area contributed by atoms with Gasteiger partial charge in [0.2, 0.25) is 0 Å². The van der Waals surface area contributed by atoms with E-state index in [2.05, 4.69) is 23.9 Å². The lowest BCUT2D eigenvalue weighted by Crippen LogP contribution is -2.13. The molecule has 0 saturated carbocycles. The molecule has 5 nitrogen and oxygen atoms in total. The summed E-state index contributed by atoms with van der Waals surface area (Å²) in [5.74, 6) is 2.07. The first-order valence-corrected chi connectivity index (χ1v) is 7.37. The van der Waals surface area contributed by atoms with Crippen LogP contribution in [0, 0.1) is 5.92 Å². The molecule has 1 aromatic carbocycles. The highest BCUT2D eigenvalue weighted by Gasteiger charge is 2.14. The molecule has 1 aromatic heterocycles. The maximum atomic E-state index is 10.4. The maximum Gasteiger partial charge on any atom is 0.138 e. The van der Waals surface area contributed by atoms with Crippen LogP contribution in [0.2, 0.25) is 0 Å². The van der Waals surface area contributed by atoms with Gasteiger partial charge < -0.3 is 9.84 Å². The summed E-state index contributed by atoms with van der Waals surface area (Å²) in [6.45, 7) is 7.63. The highest BCUT2D eigenvalue weighted by Crippen LogP contribution is 2.22. The Morgan fingerprint density at radius 3 is 2.86 bits per heavy atom. The fourth-order valence-corrected chi connectivity index (χ4v) is 2.21. The molecule has 0 radical (unpaired) electrons. The molecule has 0 saturated heterocycles. The number of nitrogens with zero attached hydrogens (tertiary/aromatic N) is 3. The zero-order valence-corrected chi connectivity index (χ0v) is 12.9. The fourth-order valence-electron chi connectivity index (χ4n) is 2.21. The SMILES string of the molecule is CCOc1cccc(C(O)Cc2ncnn2CC(C)C)c1. The van der Waals surface area contributed by atoms with E-state index in [4.69, 9.17) is 4.74 Å². The van der Waals surface area contributed by atoms with Crippen molar-refractivity contribution in [3.8, 4) is 5.75 Å². The van der Waals surface area contributed by atoms with Gasteiger partial charge in [0.05, 0.1) is 12.7 Å². The third-order valence-electron chi connectivity index (χ3n) is 3.16. The summed E-state index contributed by atoms with van der Waals surface area (Å²) in [4.78, 5) is 4.25. The quantitative estimate of drug-likeness (QED) is 0.851. The first-order valence-electron chi connectivity index (χ1n) is 7.37. The molecule has 0 bridgehead atoms. The summed E-state index contributed by atoms with van der Waals surface area (Å²) in [7, 11) is 0. The Labute approximate surface area is 125 Å². The summed E-state index contributed by atoms with van der Waals surface area (Å²) in [5, 5.41) is 14.6. The van der Waals surface area contributed by atoms with Crippen molar-refractivity contribution in [2.45, 2.75) is 39.8 Å². The Hall–Kier alpha value is -1.88. The smallest absolute Gasteiger partial charge is 0.138 e. The van der Waals surface area contributed by atoms with E-state index in [9.17, 15) is 5.11 Å². The van der Waals surface area contributed by atoms with Crippen molar-refractivity contribution in [1.29, 1.82) is 0 Å². The average Bonchev–Trinajstić information content (AvgIpc) is 2.86. The van der Waals surface area contributed by atoms with Crippen LogP contribution in [0.5, 0.6) is 5.75 Å². The van der Waals surface area contributed by atoms with Crippen molar-refractivity contribution in [1.82, 2.24) is 14.8 Å². The third kappa shape index (κ3) is 4.29. The molecule has 0 aliphatic rings. The van der Waals surface area contributed by atoms with Gasteiger partial charge in [0.1, 0.15) is 17.9 Å². The summed E-state index contributed by atoms with van der Waals surface area (Å²) >= 11 is 0. The van der Waals surface area contributed by atoms with Crippen LogP contribution in [0.25, 0.3) is 0 Å². The van der Waals surface area contributed by atoms with Gasteiger partial charge >= 0.3 is 0 Å². The zero-order chi connectivity index (χ0) is 15.2. The van der Waals surface area contributed by atoms with Crippen molar-refractivity contribution in [3.05, 3.63) is 42.0 Å². The van der Waals surface area contributed by atoms with Crippen molar-refractivity contribution in [3.63, 3.8) is 0 Å². The van der Waals surface area contributed by atoms with Gasteiger partial charge in [-0.3, -0.25) is 0 Å². The van der Waals surface area contributed by atoms with Gasteiger partial charge in [0.15, 0.2) is 0 Å². The van der Waals surface area contributed by atoms with E-state index in [0.29, 0.717) is 18.9 Å². The summed E-state index contributed by atoms with van der Waals surface area (Å²) in [5.41, 5.74) is 0.833. The molecule has 0 fully saturated rings. The monoisotopic (exact) mass is 289 g/mol. The summed E-state index contributed by atoms with van der Waals surface area (Å²) < 4.78 is 7.33. The number of aliphatic hydroxyl groups excluding tert-OH is 1. The molecule has 2 rings (SSSR count). The Morgan fingerprint density at radius 2 is 2.14 bits per heavy atom. The molecule has 0 aliphatic heterocycles. The predicted octanol–water partition coefficient (Wildman–Crippen LogP) is 2.61. The van der Waals surface area contributed by atoms with Crippen LogP contribution >= 0.6 is 0 Å². The van der Waals surface area contributed by atoms with E-state index in [0.717, 1.165) is 23.7 Å². The van der Waals surface area contributed by atoms with E-state index >= 15 is 0 Å². The normalized spacial score (nSPS) is 12.6. The lowest BCUT2D eigenvalue weighted by atomic mass is 10.1. The second kappa shape index (κ2) is 7.22. The standard InChI is InChI=1S/C16H23N3O2/c1-4-21-14-7-5-6-13(8-14)15(20)9-16-17-11-18-19(16)10-12(2)3/h5-8,11-12,15,20H,4,9-10H2,1-3H3. The lowest BCUT2D eigenvalue weighted by Gasteiger charge is -2.14. The van der Waals surface area contributed by atoms with Crippen LogP contribution in [0.1, 0.15) is 38.3 Å². The molecule has 1 atom stereocenters. The predicted molar refractivity (Wildman–Crippen MR) is 81.1 cm³/mol. The minimum absolute atomic E-state index is 0.447. The van der Waals surface area contributed by atoms with E-state index < -0.39 is 6.10 Å². The molecule has 0 spiro atoms. The first kappa shape index (κ1) is 15.5. The number of rotatable bonds is 7. The second-order valence-electron chi connectivity index (χ2n) is 5.48. The minimum Gasteiger partial charge on any atom is -0.494 e. The Morgan fingerprint density at radius 1 is 1.33 bits per heavy atom. The Bertz CT molecular complexity index is 566. The highest BCUT2D eigenvalue weighted by molar-refractivity contribution is 5.30. The number of aromatic nitrogens is 3. The van der Waals surface area contributed by atoms with Crippen molar-refractivity contribution in [2.24, 2.45) is 5.92 Å². The van der Waals surface area contributed by atoms with Gasteiger partial charge in [-0.15, -0.1) is 0 Å². The van der Waals surface area contributed by atoms with Gasteiger partial charge in [-0.1, -0.05) is 26.0 Å². The van der Waals surface area contributed by atoms with Crippen molar-refractivity contribution >= 4 is 0 Å². The van der Waals surface area contributed by atoms with E-state index in [1.165, 1.54) is 0 Å². The van der Waals surface area contributed by atoms with Crippen LogP contribution in [-0.4, -0.2) is 26.5 Å². The van der Waals surface area contributed by atoms with E-state index in [-0.39, 0.29) is 0 Å². The lowest BCUT2D eigenvalue weighted by molar-refractivity contribution is 0.173. The number of ether oxygens (including phenoxy) is 1. The topological polar surface area (TPSA) is 60.2 Å². The number of hydrogen-bond donors (Lipinski definition) is 1. The molecule has 2 aromatic rings. The Kier molecular flexibility index (Phi) is 5.33. The van der Waals surface area contributed by atoms with Crippen molar-refractivity contribution in [2.75, 3.05) is 6.61 Å². The average molecular weight is 289 g/mol. The Balaban J connectivity index is 2.09. The maximum absolute atomic E-state index is 10.4. The van der Waals surface area contributed by atoms with Crippen LogP contribution in [-0.2, 0) is 13.0 Å². The number of aliphatic hydroxyl groups is 1. The van der Waals surface area contributed by atoms with Crippen LogP contribution in [0.3, 0.4) is 0 Å². The van der Waals surface area contributed by atoms with Crippen LogP contribution < -0.4 is 4.74 Å². The number of benzene rings is 1. The molecule has 5 heteroatoms. The molecule has 114 valence electrons. The first-order chi connectivity index (χ1) is 10.1. The molecule has 1 heterocycles. The van der Waals surface area contributed by atoms with Gasteiger partial charge in [0, 0.05) is 13.0 Å². The van der Waals surface area contributed by atoms with Crippen LogP contribution in [0.4, 0.5) is 0 Å². The van der Waals surface area contributed by atoms with Gasteiger partial charge in [-0.25, -0.2) is 9.67 Å². The molecular weight excluding hydrogens is 266 g/mol.